The summed E-state index contributed by atoms with van der Waals surface area (Å²) in [6, 6.07) is 25.2. The van der Waals surface area contributed by atoms with Gasteiger partial charge in [0, 0.05) is 6.42 Å². The molecule has 0 fully saturated rings. The first kappa shape index (κ1) is 29.5. The van der Waals surface area contributed by atoms with Gasteiger partial charge in [0.1, 0.15) is 11.9 Å². The average molecular weight is 515 g/mol. The van der Waals surface area contributed by atoms with E-state index < -0.39 is 0 Å². The molecule has 3 nitrogen and oxygen atoms in total. The molecule has 0 aromatic heterocycles. The Morgan fingerprint density at radius 2 is 1.18 bits per heavy atom. The molecule has 0 bridgehead atoms. The zero-order valence-corrected chi connectivity index (χ0v) is 23.7. The molecule has 0 aliphatic heterocycles. The van der Waals surface area contributed by atoms with E-state index in [9.17, 15) is 4.79 Å². The Morgan fingerprint density at radius 1 is 0.658 bits per heavy atom. The normalized spacial score (nSPS) is 11.8. The molecular formula is C35H46O3. The lowest BCUT2D eigenvalue weighted by atomic mass is 9.94. The molecule has 38 heavy (non-hydrogen) atoms. The second-order valence-corrected chi connectivity index (χ2v) is 10.3. The van der Waals surface area contributed by atoms with Crippen molar-refractivity contribution in [3.05, 3.63) is 78.4 Å². The zero-order chi connectivity index (χ0) is 27.0. The Hall–Kier alpha value is -3.07. The van der Waals surface area contributed by atoms with Gasteiger partial charge in [0.05, 0.1) is 6.61 Å². The molecule has 0 heterocycles. The van der Waals surface area contributed by atoms with Gasteiger partial charge in [0.2, 0.25) is 0 Å². The number of unbranched alkanes of at least 4 members (excludes halogenated alkanes) is 8. The Bertz CT molecular complexity index is 1070. The standard InChI is InChI=1S/C35H46O3/c1-4-6-8-9-10-11-12-13-18-35(36)38-28(3)29-19-21-30(22-20-29)33-16-14-15-17-34(33)31-23-25-32(26-24-31)37-27-7-5-2/h14-17,19-26,28H,4-13,18,27H2,1-3H3. The first-order valence-corrected chi connectivity index (χ1v) is 14.7. The Balaban J connectivity index is 1.53. The number of ether oxygens (including phenoxy) is 2. The van der Waals surface area contributed by atoms with Crippen molar-refractivity contribution in [1.82, 2.24) is 0 Å². The lowest BCUT2D eigenvalue weighted by Gasteiger charge is -2.15. The van der Waals surface area contributed by atoms with Gasteiger partial charge >= 0.3 is 5.97 Å². The predicted octanol–water partition coefficient (Wildman–Crippen LogP) is 10.3. The lowest BCUT2D eigenvalue weighted by Crippen LogP contribution is -2.08. The third kappa shape index (κ3) is 9.67. The maximum Gasteiger partial charge on any atom is 0.306 e. The van der Waals surface area contributed by atoms with Gasteiger partial charge in [-0.1, -0.05) is 126 Å². The molecule has 0 spiro atoms. The molecule has 0 radical (unpaired) electrons. The van der Waals surface area contributed by atoms with Crippen molar-refractivity contribution in [3.8, 4) is 28.0 Å². The maximum absolute atomic E-state index is 12.4. The van der Waals surface area contributed by atoms with E-state index in [0.29, 0.717) is 6.42 Å². The van der Waals surface area contributed by atoms with E-state index >= 15 is 0 Å². The second-order valence-electron chi connectivity index (χ2n) is 10.3. The molecule has 1 unspecified atom stereocenters. The topological polar surface area (TPSA) is 35.5 Å². The molecule has 1 atom stereocenters. The maximum atomic E-state index is 12.4. The molecule has 0 amide bonds. The fourth-order valence-corrected chi connectivity index (χ4v) is 4.71. The summed E-state index contributed by atoms with van der Waals surface area (Å²) in [5.41, 5.74) is 5.69. The number of carbonyl (C=O) groups excluding carboxylic acids is 1. The molecule has 204 valence electrons. The third-order valence-corrected chi connectivity index (χ3v) is 7.09. The van der Waals surface area contributed by atoms with Crippen LogP contribution in [0, 0.1) is 0 Å². The summed E-state index contributed by atoms with van der Waals surface area (Å²) >= 11 is 0. The zero-order valence-electron chi connectivity index (χ0n) is 23.7. The van der Waals surface area contributed by atoms with Crippen LogP contribution in [0.1, 0.15) is 103 Å². The number of rotatable bonds is 17. The van der Waals surface area contributed by atoms with Crippen molar-refractivity contribution in [2.75, 3.05) is 6.61 Å². The Labute approximate surface area is 230 Å². The highest BCUT2D eigenvalue weighted by Crippen LogP contribution is 2.33. The van der Waals surface area contributed by atoms with Crippen LogP contribution >= 0.6 is 0 Å². The summed E-state index contributed by atoms with van der Waals surface area (Å²) in [6.07, 6.45) is 12.2. The van der Waals surface area contributed by atoms with Crippen molar-refractivity contribution in [2.24, 2.45) is 0 Å². The molecule has 3 aromatic rings. The minimum Gasteiger partial charge on any atom is -0.494 e. The summed E-state index contributed by atoms with van der Waals surface area (Å²) < 4.78 is 11.6. The molecule has 0 saturated carbocycles. The SMILES string of the molecule is CCCCCCCCCCC(=O)OC(C)c1ccc(-c2ccccc2-c2ccc(OCCCC)cc2)cc1. The quantitative estimate of drug-likeness (QED) is 0.133. The number of esters is 1. The molecule has 3 rings (SSSR count). The van der Waals surface area contributed by atoms with Gasteiger partial charge in [-0.25, -0.2) is 0 Å². The monoisotopic (exact) mass is 514 g/mol. The lowest BCUT2D eigenvalue weighted by molar-refractivity contribution is -0.148. The van der Waals surface area contributed by atoms with Crippen LogP contribution in [0.2, 0.25) is 0 Å². The Kier molecular flexibility index (Phi) is 13.0. The van der Waals surface area contributed by atoms with Crippen molar-refractivity contribution < 1.29 is 14.3 Å². The second kappa shape index (κ2) is 16.7. The van der Waals surface area contributed by atoms with Gasteiger partial charge < -0.3 is 9.47 Å². The van der Waals surface area contributed by atoms with E-state index in [0.717, 1.165) is 54.7 Å². The number of benzene rings is 3. The summed E-state index contributed by atoms with van der Waals surface area (Å²) in [7, 11) is 0. The highest BCUT2D eigenvalue weighted by atomic mass is 16.5. The van der Waals surface area contributed by atoms with Gasteiger partial charge in [-0.15, -0.1) is 0 Å². The van der Waals surface area contributed by atoms with E-state index in [2.05, 4.69) is 86.6 Å². The molecule has 0 aliphatic rings. The smallest absolute Gasteiger partial charge is 0.306 e. The highest BCUT2D eigenvalue weighted by molar-refractivity contribution is 5.83. The van der Waals surface area contributed by atoms with Gasteiger partial charge in [-0.3, -0.25) is 4.79 Å². The van der Waals surface area contributed by atoms with Gasteiger partial charge in [-0.2, -0.15) is 0 Å². The number of hydrogen-bond donors (Lipinski definition) is 0. The predicted molar refractivity (Wildman–Crippen MR) is 159 cm³/mol. The summed E-state index contributed by atoms with van der Waals surface area (Å²) in [5.74, 6) is 0.815. The third-order valence-electron chi connectivity index (χ3n) is 7.09. The Morgan fingerprint density at radius 3 is 1.76 bits per heavy atom. The summed E-state index contributed by atoms with van der Waals surface area (Å²) in [4.78, 5) is 12.4. The van der Waals surface area contributed by atoms with Crippen LogP contribution < -0.4 is 4.74 Å². The van der Waals surface area contributed by atoms with Crippen LogP contribution in [-0.4, -0.2) is 12.6 Å². The van der Waals surface area contributed by atoms with Crippen molar-refractivity contribution in [1.29, 1.82) is 0 Å². The molecule has 3 heteroatoms. The van der Waals surface area contributed by atoms with Crippen LogP contribution in [0.3, 0.4) is 0 Å². The van der Waals surface area contributed by atoms with Gasteiger partial charge in [-0.05, 0) is 59.7 Å². The fraction of sp³-hybridized carbons (Fsp3) is 0.457. The van der Waals surface area contributed by atoms with Crippen molar-refractivity contribution in [3.63, 3.8) is 0 Å². The molecular weight excluding hydrogens is 468 g/mol. The fourth-order valence-electron chi connectivity index (χ4n) is 4.71. The number of hydrogen-bond acceptors (Lipinski definition) is 3. The average Bonchev–Trinajstić information content (AvgIpc) is 2.95. The highest BCUT2D eigenvalue weighted by Gasteiger charge is 2.13. The first-order chi connectivity index (χ1) is 18.6. The molecule has 0 aliphatic carbocycles. The summed E-state index contributed by atoms with van der Waals surface area (Å²) in [5, 5.41) is 0. The van der Waals surface area contributed by atoms with Gasteiger partial charge in [0.15, 0.2) is 0 Å². The first-order valence-electron chi connectivity index (χ1n) is 14.7. The minimum absolute atomic E-state index is 0.0972. The van der Waals surface area contributed by atoms with Gasteiger partial charge in [0.25, 0.3) is 0 Å². The molecule has 0 saturated heterocycles. The van der Waals surface area contributed by atoms with Crippen molar-refractivity contribution >= 4 is 5.97 Å². The van der Waals surface area contributed by atoms with Crippen LogP contribution in [0.5, 0.6) is 5.75 Å². The van der Waals surface area contributed by atoms with Crippen LogP contribution in [0.15, 0.2) is 72.8 Å². The van der Waals surface area contributed by atoms with Crippen LogP contribution in [-0.2, 0) is 9.53 Å². The van der Waals surface area contributed by atoms with E-state index in [-0.39, 0.29) is 12.1 Å². The van der Waals surface area contributed by atoms with Crippen LogP contribution in [0.4, 0.5) is 0 Å². The number of carbonyl (C=O) groups is 1. The van der Waals surface area contributed by atoms with Crippen LogP contribution in [0.25, 0.3) is 22.3 Å². The van der Waals surface area contributed by atoms with E-state index in [1.807, 2.05) is 6.92 Å². The van der Waals surface area contributed by atoms with E-state index in [4.69, 9.17) is 9.47 Å². The summed E-state index contributed by atoms with van der Waals surface area (Å²) in [6.45, 7) is 7.12. The largest absolute Gasteiger partial charge is 0.494 e. The van der Waals surface area contributed by atoms with Crippen molar-refractivity contribution in [2.45, 2.75) is 97.5 Å². The molecule has 3 aromatic carbocycles. The van der Waals surface area contributed by atoms with E-state index in [1.165, 1.54) is 49.7 Å². The minimum atomic E-state index is -0.249. The van der Waals surface area contributed by atoms with E-state index in [1.54, 1.807) is 0 Å². The molecule has 0 N–H and O–H groups in total.